The second kappa shape index (κ2) is 8.00. The van der Waals surface area contributed by atoms with Crippen LogP contribution in [-0.2, 0) is 21.4 Å². The van der Waals surface area contributed by atoms with Gasteiger partial charge in [0.1, 0.15) is 6.54 Å². The van der Waals surface area contributed by atoms with E-state index in [1.165, 1.54) is 56.6 Å². The molecular formula is C18H17N5O6S. The van der Waals surface area contributed by atoms with Gasteiger partial charge in [-0.3, -0.25) is 24.3 Å². The van der Waals surface area contributed by atoms with E-state index in [1.54, 1.807) is 0 Å². The highest BCUT2D eigenvalue weighted by molar-refractivity contribution is 7.89. The summed E-state index contributed by atoms with van der Waals surface area (Å²) in [7, 11) is -0.872. The molecule has 1 heterocycles. The lowest BCUT2D eigenvalue weighted by molar-refractivity contribution is -0.384. The van der Waals surface area contributed by atoms with Gasteiger partial charge in [0, 0.05) is 31.9 Å². The van der Waals surface area contributed by atoms with Crippen LogP contribution < -0.4 is 10.9 Å². The molecule has 1 aromatic heterocycles. The fourth-order valence-electron chi connectivity index (χ4n) is 2.67. The highest BCUT2D eigenvalue weighted by Gasteiger charge is 2.18. The van der Waals surface area contributed by atoms with Crippen LogP contribution in [0.25, 0.3) is 10.9 Å². The Morgan fingerprint density at radius 1 is 1.23 bits per heavy atom. The van der Waals surface area contributed by atoms with E-state index in [0.29, 0.717) is 0 Å². The van der Waals surface area contributed by atoms with Crippen LogP contribution in [0, 0.1) is 10.1 Å². The van der Waals surface area contributed by atoms with Crippen molar-refractivity contribution in [1.82, 2.24) is 13.9 Å². The molecule has 12 heteroatoms. The first-order valence-corrected chi connectivity index (χ1v) is 9.99. The molecule has 0 unspecified atom stereocenters. The number of nitrogens with one attached hydrogen (secondary N) is 1. The third kappa shape index (κ3) is 4.18. The zero-order valence-electron chi connectivity index (χ0n) is 16.0. The largest absolute Gasteiger partial charge is 0.324 e. The van der Waals surface area contributed by atoms with E-state index < -0.39 is 26.4 Å². The molecule has 0 saturated carbocycles. The van der Waals surface area contributed by atoms with Gasteiger partial charge in [-0.25, -0.2) is 17.7 Å². The van der Waals surface area contributed by atoms with Gasteiger partial charge in [-0.1, -0.05) is 6.07 Å². The van der Waals surface area contributed by atoms with Gasteiger partial charge in [0.15, 0.2) is 0 Å². The molecule has 2 aromatic carbocycles. The first-order chi connectivity index (χ1) is 14.1. The number of nitrogens with zero attached hydrogens (tertiary/aromatic N) is 4. The van der Waals surface area contributed by atoms with Crippen molar-refractivity contribution in [3.8, 4) is 0 Å². The van der Waals surface area contributed by atoms with Crippen LogP contribution in [-0.4, -0.2) is 47.2 Å². The maximum Gasteiger partial charge on any atom is 0.271 e. The lowest BCUT2D eigenvalue weighted by atomic mass is 10.2. The van der Waals surface area contributed by atoms with E-state index >= 15 is 0 Å². The van der Waals surface area contributed by atoms with Crippen molar-refractivity contribution in [2.24, 2.45) is 0 Å². The Bertz CT molecular complexity index is 1320. The molecule has 0 aliphatic rings. The zero-order chi connectivity index (χ0) is 22.1. The van der Waals surface area contributed by atoms with Gasteiger partial charge < -0.3 is 5.32 Å². The number of nitro groups is 1. The molecule has 0 atom stereocenters. The van der Waals surface area contributed by atoms with E-state index in [1.807, 2.05) is 0 Å². The van der Waals surface area contributed by atoms with E-state index in [2.05, 4.69) is 10.3 Å². The molecule has 3 rings (SSSR count). The van der Waals surface area contributed by atoms with E-state index in [9.17, 15) is 28.1 Å². The fraction of sp³-hybridized carbons (Fsp3) is 0.167. The first-order valence-electron chi connectivity index (χ1n) is 8.55. The van der Waals surface area contributed by atoms with Crippen LogP contribution in [0.4, 0.5) is 11.4 Å². The minimum atomic E-state index is -3.67. The number of rotatable bonds is 6. The summed E-state index contributed by atoms with van der Waals surface area (Å²) >= 11 is 0. The average Bonchev–Trinajstić information content (AvgIpc) is 2.69. The SMILES string of the molecule is CN(C)S(=O)(=O)c1cccc(NC(=O)Cn2cnc3cc([N+](=O)[O-])ccc3c2=O)c1. The van der Waals surface area contributed by atoms with Gasteiger partial charge in [0.05, 0.1) is 27.0 Å². The summed E-state index contributed by atoms with van der Waals surface area (Å²) in [6, 6.07) is 9.38. The summed E-state index contributed by atoms with van der Waals surface area (Å²) in [5, 5.41) is 13.5. The standard InChI is InChI=1S/C18H17N5O6S/c1-21(2)30(28,29)14-5-3-4-12(8-14)20-17(24)10-22-11-19-16-9-13(23(26)27)6-7-15(16)18(22)25/h3-9,11H,10H2,1-2H3,(H,20,24). The molecule has 0 radical (unpaired) electrons. The van der Waals surface area contributed by atoms with Gasteiger partial charge in [0.2, 0.25) is 15.9 Å². The molecule has 1 N–H and O–H groups in total. The molecular weight excluding hydrogens is 414 g/mol. The number of amides is 1. The predicted octanol–water partition coefficient (Wildman–Crippen LogP) is 1.19. The Labute approximate surface area is 170 Å². The molecule has 3 aromatic rings. The minimum Gasteiger partial charge on any atom is -0.324 e. The fourth-order valence-corrected chi connectivity index (χ4v) is 3.62. The third-order valence-corrected chi connectivity index (χ3v) is 6.04. The van der Waals surface area contributed by atoms with E-state index in [0.717, 1.165) is 15.2 Å². The number of hydrogen-bond acceptors (Lipinski definition) is 7. The number of sulfonamides is 1. The van der Waals surface area contributed by atoms with Crippen molar-refractivity contribution in [1.29, 1.82) is 0 Å². The number of nitro benzene ring substituents is 1. The molecule has 0 spiro atoms. The van der Waals surface area contributed by atoms with Gasteiger partial charge >= 0.3 is 0 Å². The van der Waals surface area contributed by atoms with Crippen LogP contribution >= 0.6 is 0 Å². The molecule has 0 aliphatic heterocycles. The Hall–Kier alpha value is -3.64. The smallest absolute Gasteiger partial charge is 0.271 e. The van der Waals surface area contributed by atoms with Gasteiger partial charge in [-0.15, -0.1) is 0 Å². The Morgan fingerprint density at radius 2 is 1.97 bits per heavy atom. The second-order valence-corrected chi connectivity index (χ2v) is 8.65. The van der Waals surface area contributed by atoms with Gasteiger partial charge in [0.25, 0.3) is 11.2 Å². The number of carbonyl (C=O) groups excluding carboxylic acids is 1. The topological polar surface area (TPSA) is 145 Å². The molecule has 1 amide bonds. The van der Waals surface area contributed by atoms with E-state index in [-0.39, 0.29) is 33.7 Å². The van der Waals surface area contributed by atoms with Crippen LogP contribution in [0.1, 0.15) is 0 Å². The number of fused-ring (bicyclic) bond motifs is 1. The lowest BCUT2D eigenvalue weighted by Crippen LogP contribution is -2.28. The van der Waals surface area contributed by atoms with Crippen molar-refractivity contribution in [2.75, 3.05) is 19.4 Å². The lowest BCUT2D eigenvalue weighted by Gasteiger charge is -2.13. The molecule has 0 fully saturated rings. The first kappa shape index (κ1) is 21.1. The highest BCUT2D eigenvalue weighted by atomic mass is 32.2. The average molecular weight is 431 g/mol. The summed E-state index contributed by atoms with van der Waals surface area (Å²) in [6.07, 6.45) is 1.13. The molecule has 156 valence electrons. The van der Waals surface area contributed by atoms with Crippen LogP contribution in [0.15, 0.2) is 58.5 Å². The van der Waals surface area contributed by atoms with Crippen molar-refractivity contribution >= 4 is 38.2 Å². The number of hydrogen-bond donors (Lipinski definition) is 1. The maximum atomic E-state index is 12.5. The third-order valence-electron chi connectivity index (χ3n) is 4.23. The molecule has 0 aliphatic carbocycles. The number of carbonyl (C=O) groups is 1. The number of benzene rings is 2. The number of aromatic nitrogens is 2. The van der Waals surface area contributed by atoms with E-state index in [4.69, 9.17) is 0 Å². The van der Waals surface area contributed by atoms with Crippen LogP contribution in [0.5, 0.6) is 0 Å². The Morgan fingerprint density at radius 3 is 2.63 bits per heavy atom. The van der Waals surface area contributed by atoms with Crippen molar-refractivity contribution < 1.29 is 18.1 Å². The second-order valence-electron chi connectivity index (χ2n) is 6.50. The van der Waals surface area contributed by atoms with Crippen molar-refractivity contribution in [3.63, 3.8) is 0 Å². The molecule has 11 nitrogen and oxygen atoms in total. The van der Waals surface area contributed by atoms with Gasteiger partial charge in [-0.2, -0.15) is 0 Å². The van der Waals surface area contributed by atoms with Crippen LogP contribution in [0.2, 0.25) is 0 Å². The summed E-state index contributed by atoms with van der Waals surface area (Å²) in [5.74, 6) is -0.570. The normalized spacial score (nSPS) is 11.6. The number of anilines is 1. The molecule has 0 saturated heterocycles. The quantitative estimate of drug-likeness (QED) is 0.456. The highest BCUT2D eigenvalue weighted by Crippen LogP contribution is 2.18. The summed E-state index contributed by atoms with van der Waals surface area (Å²) in [6.45, 7) is -0.372. The van der Waals surface area contributed by atoms with Crippen molar-refractivity contribution in [2.45, 2.75) is 11.4 Å². The summed E-state index contributed by atoms with van der Waals surface area (Å²) in [5.41, 5.74) is -0.334. The predicted molar refractivity (Wildman–Crippen MR) is 109 cm³/mol. The van der Waals surface area contributed by atoms with Crippen molar-refractivity contribution in [3.05, 3.63) is 69.3 Å². The van der Waals surface area contributed by atoms with Crippen LogP contribution in [0.3, 0.4) is 0 Å². The number of non-ortho nitro benzene ring substituents is 1. The summed E-state index contributed by atoms with van der Waals surface area (Å²) in [4.78, 5) is 39.2. The maximum absolute atomic E-state index is 12.5. The van der Waals surface area contributed by atoms with Gasteiger partial charge in [-0.05, 0) is 24.3 Å². The summed E-state index contributed by atoms with van der Waals surface area (Å²) < 4.78 is 26.5. The zero-order valence-corrected chi connectivity index (χ0v) is 16.8. The Kier molecular flexibility index (Phi) is 5.62. The minimum absolute atomic E-state index is 0.0106. The molecule has 30 heavy (non-hydrogen) atoms. The Balaban J connectivity index is 1.82. The molecule has 0 bridgehead atoms. The monoisotopic (exact) mass is 431 g/mol.